The molecule has 0 aliphatic heterocycles. The summed E-state index contributed by atoms with van der Waals surface area (Å²) in [5.41, 5.74) is 7.35. The van der Waals surface area contributed by atoms with Crippen LogP contribution in [0.25, 0.3) is 0 Å². The van der Waals surface area contributed by atoms with Crippen LogP contribution in [0.4, 0.5) is 28.7 Å². The SMILES string of the molecule is CCN(CC)CCCl.CCN(CC)CCOc1ccc(N)cc1.CCN(CC)CCOc1ccc(Nc2ncc(Br)cn2)cc1.CCN(CC)CCOc1ccc([N+](=O)[O-])cc1.Clc1ncc(Br)cn1.O=CO[O-].O=[N+]([O-])c1ccc(O)cc1.[Cs+].[Cs+].[H-]. The predicted octanol–water partition coefficient (Wildman–Crippen LogP) is 5.32. The van der Waals surface area contributed by atoms with E-state index in [1.54, 1.807) is 36.9 Å². The van der Waals surface area contributed by atoms with Crippen LogP contribution in [0.1, 0.15) is 56.8 Å². The molecule has 0 saturated heterocycles. The minimum absolute atomic E-state index is 0. The number of nitrogen functional groups attached to an aromatic ring is 1. The van der Waals surface area contributed by atoms with Crippen LogP contribution in [-0.4, -0.2) is 165 Å². The van der Waals surface area contributed by atoms with Crippen molar-refractivity contribution in [2.24, 2.45) is 0 Å². The van der Waals surface area contributed by atoms with Gasteiger partial charge in [-0.2, -0.15) is 0 Å². The monoisotopic (exact) mass is 1600 g/mol. The first-order chi connectivity index (χ1) is 40.4. The van der Waals surface area contributed by atoms with Gasteiger partial charge in [-0.1, -0.05) is 55.4 Å². The van der Waals surface area contributed by atoms with E-state index in [-0.39, 0.29) is 168 Å². The molecule has 0 amide bonds. The molecule has 0 radical (unpaired) electrons. The number of carbonyl (C=O) groups excluding carboxylic acids is 1. The second-order valence-corrected chi connectivity index (χ2v) is 19.2. The number of phenolic OH excluding ortho intramolecular Hbond substituents is 1. The number of alkyl halides is 1. The number of non-ortho nitro benzene ring substituents is 2. The van der Waals surface area contributed by atoms with Crippen LogP contribution in [0.5, 0.6) is 23.0 Å². The van der Waals surface area contributed by atoms with Crippen molar-refractivity contribution < 1.29 is 183 Å². The smallest absolute Gasteiger partial charge is 1.00 e. The number of nitrogens with zero attached hydrogens (tertiary/aromatic N) is 10. The molecule has 86 heavy (non-hydrogen) atoms. The first-order valence-electron chi connectivity index (χ1n) is 27.0. The molecule has 2 aromatic heterocycles. The van der Waals surface area contributed by atoms with Gasteiger partial charge in [-0.25, -0.2) is 19.9 Å². The Balaban J connectivity index is -0.000000482. The number of nitro benzene ring substituents is 2. The molecule has 0 spiro atoms. The Morgan fingerprint density at radius 2 is 0.872 bits per heavy atom. The number of nitrogens with two attached hydrogens (primary N) is 1. The number of hydrogen-bond acceptors (Lipinski definition) is 21. The third kappa shape index (κ3) is 45.7. The Morgan fingerprint density at radius 1 is 0.570 bits per heavy atom. The summed E-state index contributed by atoms with van der Waals surface area (Å²) in [7, 11) is 0. The number of nitro groups is 2. The van der Waals surface area contributed by atoms with E-state index >= 15 is 0 Å². The van der Waals surface area contributed by atoms with Crippen molar-refractivity contribution in [3.05, 3.63) is 156 Å². The molecule has 0 fully saturated rings. The van der Waals surface area contributed by atoms with Crippen LogP contribution in [0, 0.1) is 20.2 Å². The van der Waals surface area contributed by atoms with Crippen molar-refractivity contribution in [3.8, 4) is 23.0 Å². The van der Waals surface area contributed by atoms with Crippen LogP contribution in [0.2, 0.25) is 5.28 Å². The zero-order valence-corrected chi connectivity index (χ0v) is 68.3. The summed E-state index contributed by atoms with van der Waals surface area (Å²) in [4.78, 5) is 55.8. The fourth-order valence-corrected chi connectivity index (χ4v) is 7.14. The van der Waals surface area contributed by atoms with E-state index < -0.39 is 9.85 Å². The standard InChI is InChI=1S/C16H21BrN4O.C12H18N2O3.C12H20N2O.C6H14ClN.C6H5NO3.C4H2BrClN2.CH2O3.2Cs.H/c1-3-21(4-2)9-10-22-15-7-5-14(6-8-15)20-16-18-11-13(17)12-19-16;1-3-13(4-2)9-10-17-12-7-5-11(6-8-12)14(15)16;1-3-14(4-2)9-10-15-12-7-5-11(13)6-8-12;1-3-8(4-2)6-5-7;8-6-3-1-5(2-4-6)7(9)10;5-3-1-7-4(6)8-2-3;2-1-4-3;;;/h5-8,11-12H,3-4,9-10H2,1-2H3,(H,18,19,20);5-8H,3-4,9-10H2,1-2H3;5-8H,3-4,9-10,13H2,1-2H3;3-6H2,1-2H3;1-4,8H;1-2H;1,3H;;;/q;;;;;;;2*+1;-1/p-1. The number of halogens is 4. The molecule has 4 N–H and O–H groups in total. The minimum Gasteiger partial charge on any atom is -1.00 e. The van der Waals surface area contributed by atoms with Gasteiger partial charge < -0.3 is 61.5 Å². The molecule has 23 nitrogen and oxygen atoms in total. The van der Waals surface area contributed by atoms with Gasteiger partial charge in [0.2, 0.25) is 11.2 Å². The van der Waals surface area contributed by atoms with E-state index in [0.29, 0.717) is 24.9 Å². The molecule has 2 heterocycles. The van der Waals surface area contributed by atoms with Crippen LogP contribution in [0.3, 0.4) is 0 Å². The van der Waals surface area contributed by atoms with Crippen LogP contribution in [0.15, 0.2) is 131 Å². The van der Waals surface area contributed by atoms with E-state index in [9.17, 15) is 20.2 Å². The maximum Gasteiger partial charge on any atom is 1.00 e. The molecule has 29 heteroatoms. The normalized spacial score (nSPS) is 9.83. The average Bonchev–Trinajstić information content (AvgIpc) is 3.72. The van der Waals surface area contributed by atoms with Crippen molar-refractivity contribution in [2.75, 3.05) is 115 Å². The van der Waals surface area contributed by atoms with Gasteiger partial charge in [-0.15, -0.1) is 11.6 Å². The van der Waals surface area contributed by atoms with Gasteiger partial charge >= 0.3 is 138 Å². The number of likely N-dealkylation sites (N-methyl/N-ethyl adjacent to an activating group) is 3. The van der Waals surface area contributed by atoms with E-state index in [0.717, 1.165) is 123 Å². The molecule has 0 saturated carbocycles. The molecular weight excluding hydrogens is 1530 g/mol. The topological polar surface area (TPSA) is 286 Å². The fraction of sp³-hybridized carbons (Fsp3) is 0.421. The predicted molar refractivity (Wildman–Crippen MR) is 340 cm³/mol. The molecule has 0 aliphatic carbocycles. The number of ether oxygens (including phenoxy) is 3. The molecule has 0 bridgehead atoms. The van der Waals surface area contributed by atoms with Crippen LogP contribution < -0.4 is 168 Å². The van der Waals surface area contributed by atoms with Gasteiger partial charge in [-0.3, -0.25) is 25.0 Å². The molecule has 466 valence electrons. The maximum absolute atomic E-state index is 10.5. The third-order valence-corrected chi connectivity index (χ3v) is 12.5. The summed E-state index contributed by atoms with van der Waals surface area (Å²) in [6, 6.07) is 26.5. The van der Waals surface area contributed by atoms with E-state index in [1.807, 2.05) is 48.5 Å². The Hall–Kier alpha value is -2.45. The number of benzene rings is 4. The summed E-state index contributed by atoms with van der Waals surface area (Å²) < 4.78 is 18.6. The fourth-order valence-electron chi connectivity index (χ4n) is 6.40. The van der Waals surface area contributed by atoms with Gasteiger partial charge in [0, 0.05) is 92.5 Å². The van der Waals surface area contributed by atoms with Crippen molar-refractivity contribution in [2.45, 2.75) is 55.4 Å². The zero-order valence-electron chi connectivity index (χ0n) is 52.0. The van der Waals surface area contributed by atoms with Gasteiger partial charge in [-0.05, 0) is 169 Å². The summed E-state index contributed by atoms with van der Waals surface area (Å²) in [5, 5.41) is 41.0. The number of aromatic hydroxyl groups is 1. The first-order valence-corrected chi connectivity index (χ1v) is 29.5. The van der Waals surface area contributed by atoms with E-state index in [1.165, 1.54) is 36.4 Å². The van der Waals surface area contributed by atoms with Crippen molar-refractivity contribution in [1.29, 1.82) is 0 Å². The molecule has 0 unspecified atom stereocenters. The largest absolute Gasteiger partial charge is 1.00 e. The maximum atomic E-state index is 10.5. The summed E-state index contributed by atoms with van der Waals surface area (Å²) in [6.45, 7) is 31.3. The Kier molecular flexibility index (Phi) is 58.9. The summed E-state index contributed by atoms with van der Waals surface area (Å²) >= 11 is 17.4. The van der Waals surface area contributed by atoms with E-state index in [4.69, 9.17) is 58.3 Å². The third-order valence-electron chi connectivity index (χ3n) is 11.4. The van der Waals surface area contributed by atoms with Gasteiger partial charge in [0.25, 0.3) is 17.8 Å². The molecule has 4 aromatic carbocycles. The Morgan fingerprint density at radius 3 is 1.16 bits per heavy atom. The first kappa shape index (κ1) is 87.8. The quantitative estimate of drug-likeness (QED) is 0.0112. The Bertz CT molecular complexity index is 2560. The number of hydrogen-bond donors (Lipinski definition) is 3. The number of rotatable bonds is 27. The average molecular weight is 1610 g/mol. The number of carbonyl (C=O) groups is 1. The zero-order chi connectivity index (χ0) is 62.9. The number of nitrogens with one attached hydrogen (secondary N) is 1. The molecular formula is C57H82Br2Cl2Cs2N12O11. The molecule has 6 aromatic rings. The van der Waals surface area contributed by atoms with Gasteiger partial charge in [0.05, 0.1) is 18.8 Å². The van der Waals surface area contributed by atoms with Gasteiger partial charge in [0.1, 0.15) is 42.8 Å². The second-order valence-electron chi connectivity index (χ2n) is 16.7. The number of aromatic nitrogens is 4. The Labute approximate surface area is 653 Å². The van der Waals surface area contributed by atoms with Crippen LogP contribution in [-0.2, 0) is 9.68 Å². The van der Waals surface area contributed by atoms with Crippen LogP contribution >= 0.6 is 55.1 Å². The van der Waals surface area contributed by atoms with E-state index in [2.05, 4.69) is 137 Å². The molecule has 6 rings (SSSR count). The van der Waals surface area contributed by atoms with Crippen molar-refractivity contribution in [1.82, 2.24) is 39.5 Å². The van der Waals surface area contributed by atoms with Crippen molar-refractivity contribution in [3.63, 3.8) is 0 Å². The van der Waals surface area contributed by atoms with Gasteiger partial charge in [0.15, 0.2) is 0 Å². The summed E-state index contributed by atoms with van der Waals surface area (Å²) in [6.07, 6.45) is 6.60. The van der Waals surface area contributed by atoms with Crippen molar-refractivity contribution >= 4 is 90.2 Å². The summed E-state index contributed by atoms with van der Waals surface area (Å²) in [5.74, 6) is 3.78. The molecule has 0 atom stereocenters. The number of anilines is 3. The molecule has 0 aliphatic rings. The second kappa shape index (κ2) is 57.7. The number of phenols is 1. The minimum atomic E-state index is -0.514.